The molecule has 29 heavy (non-hydrogen) atoms. The lowest BCUT2D eigenvalue weighted by atomic mass is 10.0. The SMILES string of the molecule is CC(C)(C)OC(=O)NCC(=O)NC1CCN(C(=O)/C=C/c2ccccc2Br)CC1. The van der Waals surface area contributed by atoms with Crippen molar-refractivity contribution >= 4 is 39.9 Å². The van der Waals surface area contributed by atoms with Gasteiger partial charge in [-0.3, -0.25) is 9.59 Å². The summed E-state index contributed by atoms with van der Waals surface area (Å²) in [7, 11) is 0. The van der Waals surface area contributed by atoms with Crippen molar-refractivity contribution in [2.45, 2.75) is 45.3 Å². The van der Waals surface area contributed by atoms with Gasteiger partial charge < -0.3 is 20.3 Å². The molecule has 1 saturated heterocycles. The number of rotatable bonds is 5. The molecule has 0 bridgehead atoms. The van der Waals surface area contributed by atoms with Crippen molar-refractivity contribution in [3.63, 3.8) is 0 Å². The van der Waals surface area contributed by atoms with E-state index in [1.165, 1.54) is 0 Å². The third kappa shape index (κ3) is 8.27. The zero-order chi connectivity index (χ0) is 21.4. The Hall–Kier alpha value is -2.35. The first-order valence-corrected chi connectivity index (χ1v) is 10.4. The van der Waals surface area contributed by atoms with Crippen LogP contribution in [-0.2, 0) is 14.3 Å². The smallest absolute Gasteiger partial charge is 0.408 e. The highest BCUT2D eigenvalue weighted by atomic mass is 79.9. The number of carbonyl (C=O) groups is 3. The van der Waals surface area contributed by atoms with Crippen molar-refractivity contribution in [3.8, 4) is 0 Å². The summed E-state index contributed by atoms with van der Waals surface area (Å²) < 4.78 is 6.03. The van der Waals surface area contributed by atoms with Crippen LogP contribution in [0.4, 0.5) is 4.79 Å². The maximum Gasteiger partial charge on any atom is 0.408 e. The Morgan fingerprint density at radius 1 is 1.21 bits per heavy atom. The predicted octanol–water partition coefficient (Wildman–Crippen LogP) is 3.09. The molecule has 1 heterocycles. The van der Waals surface area contributed by atoms with E-state index in [0.29, 0.717) is 25.9 Å². The number of nitrogens with zero attached hydrogens (tertiary/aromatic N) is 1. The van der Waals surface area contributed by atoms with Crippen molar-refractivity contribution in [3.05, 3.63) is 40.4 Å². The van der Waals surface area contributed by atoms with Crippen molar-refractivity contribution in [1.29, 1.82) is 0 Å². The highest BCUT2D eigenvalue weighted by Gasteiger charge is 2.23. The molecule has 2 rings (SSSR count). The molecule has 0 aromatic heterocycles. The number of hydrogen-bond acceptors (Lipinski definition) is 4. The number of alkyl carbamates (subject to hydrolysis) is 1. The summed E-state index contributed by atoms with van der Waals surface area (Å²) in [4.78, 5) is 37.8. The minimum Gasteiger partial charge on any atom is -0.444 e. The molecule has 1 aromatic rings. The third-order valence-electron chi connectivity index (χ3n) is 4.27. The molecule has 1 fully saturated rings. The van der Waals surface area contributed by atoms with Gasteiger partial charge in [0, 0.05) is 29.7 Å². The van der Waals surface area contributed by atoms with Crippen molar-refractivity contribution in [1.82, 2.24) is 15.5 Å². The Labute approximate surface area is 180 Å². The number of benzene rings is 1. The van der Waals surface area contributed by atoms with Gasteiger partial charge in [-0.25, -0.2) is 4.79 Å². The standard InChI is InChI=1S/C21H28BrN3O4/c1-21(2,3)29-20(28)23-14-18(26)24-16-10-12-25(13-11-16)19(27)9-8-15-6-4-5-7-17(15)22/h4-9,16H,10-14H2,1-3H3,(H,23,28)(H,24,26)/b9-8+. The van der Waals surface area contributed by atoms with E-state index in [1.807, 2.05) is 24.3 Å². The molecular formula is C21H28BrN3O4. The maximum atomic E-state index is 12.4. The van der Waals surface area contributed by atoms with Gasteiger partial charge in [0.15, 0.2) is 0 Å². The summed E-state index contributed by atoms with van der Waals surface area (Å²) in [6.45, 7) is 6.29. The number of ether oxygens (including phenoxy) is 1. The molecule has 7 nitrogen and oxygen atoms in total. The second-order valence-corrected chi connectivity index (χ2v) is 8.73. The van der Waals surface area contributed by atoms with Gasteiger partial charge in [-0.2, -0.15) is 0 Å². The lowest BCUT2D eigenvalue weighted by molar-refractivity contribution is -0.127. The second-order valence-electron chi connectivity index (χ2n) is 7.88. The van der Waals surface area contributed by atoms with Crippen LogP contribution in [0.2, 0.25) is 0 Å². The van der Waals surface area contributed by atoms with Gasteiger partial charge in [-0.15, -0.1) is 0 Å². The van der Waals surface area contributed by atoms with Gasteiger partial charge in [0.2, 0.25) is 11.8 Å². The number of likely N-dealkylation sites (tertiary alicyclic amines) is 1. The van der Waals surface area contributed by atoms with Crippen LogP contribution in [0.1, 0.15) is 39.2 Å². The van der Waals surface area contributed by atoms with Crippen molar-refractivity contribution < 1.29 is 19.1 Å². The Morgan fingerprint density at radius 2 is 1.86 bits per heavy atom. The molecule has 1 aliphatic heterocycles. The van der Waals surface area contributed by atoms with E-state index < -0.39 is 11.7 Å². The van der Waals surface area contributed by atoms with E-state index in [4.69, 9.17) is 4.74 Å². The van der Waals surface area contributed by atoms with Crippen LogP contribution < -0.4 is 10.6 Å². The number of nitrogens with one attached hydrogen (secondary N) is 2. The van der Waals surface area contributed by atoms with Crippen LogP contribution in [-0.4, -0.2) is 54.1 Å². The van der Waals surface area contributed by atoms with E-state index in [2.05, 4.69) is 26.6 Å². The molecule has 0 unspecified atom stereocenters. The number of halogens is 1. The van der Waals surface area contributed by atoms with Crippen molar-refractivity contribution in [2.24, 2.45) is 0 Å². The van der Waals surface area contributed by atoms with Crippen LogP contribution in [0, 0.1) is 0 Å². The lowest BCUT2D eigenvalue weighted by Gasteiger charge is -2.31. The average Bonchev–Trinajstić information content (AvgIpc) is 2.65. The fourth-order valence-corrected chi connectivity index (χ4v) is 3.28. The number of carbonyl (C=O) groups excluding carboxylic acids is 3. The number of amides is 3. The first kappa shape index (κ1) is 22.9. The zero-order valence-corrected chi connectivity index (χ0v) is 18.6. The van der Waals surface area contributed by atoms with Crippen LogP contribution in [0.15, 0.2) is 34.8 Å². The van der Waals surface area contributed by atoms with E-state index in [-0.39, 0.29) is 24.4 Å². The van der Waals surface area contributed by atoms with Gasteiger partial charge in [-0.1, -0.05) is 34.1 Å². The highest BCUT2D eigenvalue weighted by Crippen LogP contribution is 2.18. The molecule has 0 atom stereocenters. The molecule has 1 aromatic carbocycles. The summed E-state index contributed by atoms with van der Waals surface area (Å²) in [5, 5.41) is 5.33. The van der Waals surface area contributed by atoms with Crippen LogP contribution in [0.25, 0.3) is 6.08 Å². The average molecular weight is 466 g/mol. The highest BCUT2D eigenvalue weighted by molar-refractivity contribution is 9.10. The molecule has 0 aliphatic carbocycles. The Morgan fingerprint density at radius 3 is 2.48 bits per heavy atom. The van der Waals surface area contributed by atoms with Crippen molar-refractivity contribution in [2.75, 3.05) is 19.6 Å². The van der Waals surface area contributed by atoms with Gasteiger partial charge >= 0.3 is 6.09 Å². The van der Waals surface area contributed by atoms with E-state index in [0.717, 1.165) is 10.0 Å². The molecule has 0 radical (unpaired) electrons. The predicted molar refractivity (Wildman–Crippen MR) is 115 cm³/mol. The van der Waals surface area contributed by atoms with Crippen LogP contribution >= 0.6 is 15.9 Å². The minimum atomic E-state index is -0.620. The van der Waals surface area contributed by atoms with E-state index in [1.54, 1.807) is 37.8 Å². The summed E-state index contributed by atoms with van der Waals surface area (Å²) >= 11 is 3.46. The van der Waals surface area contributed by atoms with E-state index in [9.17, 15) is 14.4 Å². The summed E-state index contributed by atoms with van der Waals surface area (Å²) in [6, 6.07) is 7.68. The van der Waals surface area contributed by atoms with Crippen LogP contribution in [0.5, 0.6) is 0 Å². The Balaban J connectivity index is 1.72. The van der Waals surface area contributed by atoms with Gasteiger partial charge in [-0.05, 0) is 51.3 Å². The quantitative estimate of drug-likeness (QED) is 0.653. The monoisotopic (exact) mass is 465 g/mol. The minimum absolute atomic E-state index is 0.0146. The number of piperidine rings is 1. The van der Waals surface area contributed by atoms with Gasteiger partial charge in [0.05, 0.1) is 0 Å². The molecular weight excluding hydrogens is 438 g/mol. The van der Waals surface area contributed by atoms with Crippen LogP contribution in [0.3, 0.4) is 0 Å². The second kappa shape index (κ2) is 10.4. The summed E-state index contributed by atoms with van der Waals surface area (Å²) in [6.07, 6.45) is 4.09. The molecule has 0 saturated carbocycles. The fraction of sp³-hybridized carbons (Fsp3) is 0.476. The summed E-state index contributed by atoms with van der Waals surface area (Å²) in [5.74, 6) is -0.313. The molecule has 1 aliphatic rings. The molecule has 8 heteroatoms. The Kier molecular flexibility index (Phi) is 8.25. The first-order valence-electron chi connectivity index (χ1n) is 9.62. The zero-order valence-electron chi connectivity index (χ0n) is 17.0. The lowest BCUT2D eigenvalue weighted by Crippen LogP contribution is -2.48. The summed E-state index contributed by atoms with van der Waals surface area (Å²) in [5.41, 5.74) is 0.339. The topological polar surface area (TPSA) is 87.7 Å². The normalized spacial score (nSPS) is 15.2. The Bertz CT molecular complexity index is 765. The first-order chi connectivity index (χ1) is 13.6. The van der Waals surface area contributed by atoms with Gasteiger partial charge in [0.25, 0.3) is 0 Å². The molecule has 0 spiro atoms. The molecule has 2 N–H and O–H groups in total. The van der Waals surface area contributed by atoms with Gasteiger partial charge in [0.1, 0.15) is 12.1 Å². The largest absolute Gasteiger partial charge is 0.444 e. The molecule has 3 amide bonds. The maximum absolute atomic E-state index is 12.4. The molecule has 158 valence electrons. The fourth-order valence-electron chi connectivity index (χ4n) is 2.87. The number of hydrogen-bond donors (Lipinski definition) is 2. The van der Waals surface area contributed by atoms with E-state index >= 15 is 0 Å². The third-order valence-corrected chi connectivity index (χ3v) is 5.00.